The van der Waals surface area contributed by atoms with Crippen LogP contribution in [0.3, 0.4) is 0 Å². The van der Waals surface area contributed by atoms with Gasteiger partial charge in [0.2, 0.25) is 0 Å². The predicted octanol–water partition coefficient (Wildman–Crippen LogP) is 2.48. The van der Waals surface area contributed by atoms with Crippen LogP contribution in [-0.4, -0.2) is 13.2 Å². The van der Waals surface area contributed by atoms with Crippen molar-refractivity contribution in [1.29, 1.82) is 0 Å². The molecule has 14 heavy (non-hydrogen) atoms. The zero-order valence-corrected chi connectivity index (χ0v) is 8.51. The molecule has 0 bridgehead atoms. The Bertz CT molecular complexity index is 243. The number of benzene rings is 1. The number of unbranched alkanes of at least 4 members (excludes halogenated alkanes) is 1. The lowest BCUT2D eigenvalue weighted by Gasteiger charge is -2.02. The number of hydrogen-bond donors (Lipinski definition) is 1. The second-order valence-corrected chi connectivity index (χ2v) is 3.50. The summed E-state index contributed by atoms with van der Waals surface area (Å²) in [4.78, 5) is 0. The average molecular weight is 195 g/mol. The van der Waals surface area contributed by atoms with E-state index >= 15 is 0 Å². The molecule has 0 aliphatic rings. The molecule has 78 valence electrons. The quantitative estimate of drug-likeness (QED) is 0.693. The maximum atomic E-state index is 12.0. The lowest BCUT2D eigenvalue weighted by atomic mass is 10.1. The van der Waals surface area contributed by atoms with Gasteiger partial charge in [-0.3, -0.25) is 4.39 Å². The largest absolute Gasteiger partial charge is 0.330 e. The smallest absolute Gasteiger partial charge is 0.0934 e. The molecule has 0 aromatic heterocycles. The number of hydrogen-bond acceptors (Lipinski definition) is 1. The molecule has 1 rings (SSSR count). The topological polar surface area (TPSA) is 26.0 Å². The molecule has 1 aromatic rings. The van der Waals surface area contributed by atoms with Gasteiger partial charge in [-0.15, -0.1) is 0 Å². The maximum absolute atomic E-state index is 12.0. The molecule has 0 atom stereocenters. The van der Waals surface area contributed by atoms with Crippen LogP contribution in [0.25, 0.3) is 0 Å². The first-order valence-electron chi connectivity index (χ1n) is 5.20. The Balaban J connectivity index is 2.38. The van der Waals surface area contributed by atoms with Crippen molar-refractivity contribution in [3.8, 4) is 0 Å². The Labute approximate surface area is 85.1 Å². The summed E-state index contributed by atoms with van der Waals surface area (Å²) in [5.74, 6) is 0. The molecule has 0 aliphatic carbocycles. The molecule has 0 spiro atoms. The van der Waals surface area contributed by atoms with E-state index in [1.807, 2.05) is 12.1 Å². The minimum absolute atomic E-state index is 0.271. The Morgan fingerprint density at radius 1 is 0.929 bits per heavy atom. The summed E-state index contributed by atoms with van der Waals surface area (Å²) in [5, 5.41) is 0. The van der Waals surface area contributed by atoms with Crippen LogP contribution in [0.1, 0.15) is 24.0 Å². The molecule has 0 amide bonds. The van der Waals surface area contributed by atoms with E-state index in [-0.39, 0.29) is 6.67 Å². The molecule has 0 aliphatic heterocycles. The lowest BCUT2D eigenvalue weighted by Crippen LogP contribution is -1.99. The van der Waals surface area contributed by atoms with E-state index in [0.29, 0.717) is 6.42 Å². The van der Waals surface area contributed by atoms with Gasteiger partial charge in [0.05, 0.1) is 6.67 Å². The fourth-order valence-electron chi connectivity index (χ4n) is 1.46. The second kappa shape index (κ2) is 6.55. The van der Waals surface area contributed by atoms with E-state index in [1.54, 1.807) is 0 Å². The normalized spacial score (nSPS) is 10.4. The van der Waals surface area contributed by atoms with Crippen LogP contribution in [-0.2, 0) is 12.8 Å². The summed E-state index contributed by atoms with van der Waals surface area (Å²) < 4.78 is 12.0. The molecule has 1 aromatic carbocycles. The Morgan fingerprint density at radius 2 is 1.50 bits per heavy atom. The van der Waals surface area contributed by atoms with Gasteiger partial charge >= 0.3 is 0 Å². The van der Waals surface area contributed by atoms with Crippen molar-refractivity contribution >= 4 is 0 Å². The fraction of sp³-hybridized carbons (Fsp3) is 0.500. The highest BCUT2D eigenvalue weighted by molar-refractivity contribution is 5.22. The molecular formula is C12H18FN. The number of halogens is 1. The first-order valence-corrected chi connectivity index (χ1v) is 5.20. The van der Waals surface area contributed by atoms with Crippen LogP contribution in [0.15, 0.2) is 24.3 Å². The first-order chi connectivity index (χ1) is 6.86. The Morgan fingerprint density at radius 3 is 2.00 bits per heavy atom. The molecule has 0 fully saturated rings. The fourth-order valence-corrected chi connectivity index (χ4v) is 1.46. The van der Waals surface area contributed by atoms with E-state index in [9.17, 15) is 4.39 Å². The van der Waals surface area contributed by atoms with Gasteiger partial charge in [0.25, 0.3) is 0 Å². The van der Waals surface area contributed by atoms with E-state index in [2.05, 4.69) is 12.1 Å². The van der Waals surface area contributed by atoms with Crippen molar-refractivity contribution in [2.45, 2.75) is 25.7 Å². The molecule has 2 heteroatoms. The molecule has 0 heterocycles. The molecule has 0 saturated heterocycles. The first kappa shape index (κ1) is 11.2. The van der Waals surface area contributed by atoms with Gasteiger partial charge in [-0.25, -0.2) is 0 Å². The van der Waals surface area contributed by atoms with Gasteiger partial charge < -0.3 is 5.73 Å². The highest BCUT2D eigenvalue weighted by Gasteiger charge is 1.94. The summed E-state index contributed by atoms with van der Waals surface area (Å²) in [6.45, 7) is 0.493. The predicted molar refractivity (Wildman–Crippen MR) is 58.1 cm³/mol. The van der Waals surface area contributed by atoms with Crippen LogP contribution >= 0.6 is 0 Å². The van der Waals surface area contributed by atoms with Crippen LogP contribution in [0, 0.1) is 0 Å². The zero-order valence-electron chi connectivity index (χ0n) is 8.51. The van der Waals surface area contributed by atoms with E-state index in [4.69, 9.17) is 5.73 Å². The SMILES string of the molecule is NCCCCc1ccc(CCF)cc1. The van der Waals surface area contributed by atoms with E-state index in [0.717, 1.165) is 31.4 Å². The standard InChI is InChI=1S/C12H18FN/c13-9-8-12-6-4-11(5-7-12)3-1-2-10-14/h4-7H,1-3,8-10,14H2. The van der Waals surface area contributed by atoms with E-state index < -0.39 is 0 Å². The number of alkyl halides is 1. The zero-order chi connectivity index (χ0) is 10.2. The monoisotopic (exact) mass is 195 g/mol. The van der Waals surface area contributed by atoms with Crippen molar-refractivity contribution in [2.75, 3.05) is 13.2 Å². The summed E-state index contributed by atoms with van der Waals surface area (Å²) in [5.41, 5.74) is 7.81. The van der Waals surface area contributed by atoms with Gasteiger partial charge in [0, 0.05) is 6.42 Å². The van der Waals surface area contributed by atoms with Crippen molar-refractivity contribution in [1.82, 2.24) is 0 Å². The molecular weight excluding hydrogens is 177 g/mol. The number of nitrogens with two attached hydrogens (primary N) is 1. The molecule has 1 nitrogen and oxygen atoms in total. The number of rotatable bonds is 6. The van der Waals surface area contributed by atoms with Crippen LogP contribution < -0.4 is 5.73 Å². The highest BCUT2D eigenvalue weighted by Crippen LogP contribution is 2.08. The van der Waals surface area contributed by atoms with Crippen molar-refractivity contribution in [2.24, 2.45) is 5.73 Å². The number of aryl methyl sites for hydroxylation is 2. The summed E-state index contributed by atoms with van der Waals surface area (Å²) in [6.07, 6.45) is 3.82. The van der Waals surface area contributed by atoms with Gasteiger partial charge in [-0.05, 0) is 36.9 Å². The minimum atomic E-state index is -0.271. The lowest BCUT2D eigenvalue weighted by molar-refractivity contribution is 0.495. The highest BCUT2D eigenvalue weighted by atomic mass is 19.1. The van der Waals surface area contributed by atoms with E-state index in [1.165, 1.54) is 5.56 Å². The van der Waals surface area contributed by atoms with Crippen LogP contribution in [0.5, 0.6) is 0 Å². The third kappa shape index (κ3) is 3.88. The summed E-state index contributed by atoms with van der Waals surface area (Å²) in [6, 6.07) is 8.19. The summed E-state index contributed by atoms with van der Waals surface area (Å²) in [7, 11) is 0. The maximum Gasteiger partial charge on any atom is 0.0934 e. The average Bonchev–Trinajstić information content (AvgIpc) is 2.21. The molecule has 0 radical (unpaired) electrons. The molecule has 2 N–H and O–H groups in total. The minimum Gasteiger partial charge on any atom is -0.330 e. The van der Waals surface area contributed by atoms with Gasteiger partial charge in [-0.2, -0.15) is 0 Å². The third-order valence-electron chi connectivity index (χ3n) is 2.33. The Hall–Kier alpha value is -0.890. The Kier molecular flexibility index (Phi) is 5.23. The van der Waals surface area contributed by atoms with Crippen molar-refractivity contribution < 1.29 is 4.39 Å². The second-order valence-electron chi connectivity index (χ2n) is 3.50. The van der Waals surface area contributed by atoms with Crippen LogP contribution in [0.4, 0.5) is 4.39 Å². The van der Waals surface area contributed by atoms with Gasteiger partial charge in [0.15, 0.2) is 0 Å². The molecule has 0 saturated carbocycles. The van der Waals surface area contributed by atoms with Crippen molar-refractivity contribution in [3.05, 3.63) is 35.4 Å². The third-order valence-corrected chi connectivity index (χ3v) is 2.33. The summed E-state index contributed by atoms with van der Waals surface area (Å²) >= 11 is 0. The molecule has 0 unspecified atom stereocenters. The van der Waals surface area contributed by atoms with Gasteiger partial charge in [0.1, 0.15) is 0 Å². The van der Waals surface area contributed by atoms with Crippen LogP contribution in [0.2, 0.25) is 0 Å². The van der Waals surface area contributed by atoms with Crippen molar-refractivity contribution in [3.63, 3.8) is 0 Å². The van der Waals surface area contributed by atoms with Gasteiger partial charge in [-0.1, -0.05) is 24.3 Å².